The molecule has 0 bridgehead atoms. The van der Waals surface area contributed by atoms with Crippen molar-refractivity contribution < 1.29 is 14.4 Å². The molecule has 0 aromatic heterocycles. The van der Waals surface area contributed by atoms with Crippen LogP contribution >= 0.6 is 11.6 Å². The summed E-state index contributed by atoms with van der Waals surface area (Å²) in [4.78, 5) is 35.4. The Hall–Kier alpha value is -3.06. The largest absolute Gasteiger partial charge is 0.376 e. The van der Waals surface area contributed by atoms with E-state index in [1.165, 1.54) is 0 Å². The summed E-state index contributed by atoms with van der Waals surface area (Å²) in [5.41, 5.74) is 2.22. The Balaban J connectivity index is 1.93. The number of carbonyl (C=O) groups excluding carboxylic acids is 3. The highest BCUT2D eigenvalue weighted by molar-refractivity contribution is 6.33. The molecule has 0 aliphatic rings. The third-order valence-corrected chi connectivity index (χ3v) is 4.16. The molecule has 0 saturated carbocycles. The summed E-state index contributed by atoms with van der Waals surface area (Å²) in [5.74, 6) is -0.567. The number of hydrogen-bond acceptors (Lipinski definition) is 4. The molecule has 0 aliphatic carbocycles. The second kappa shape index (κ2) is 10.3. The summed E-state index contributed by atoms with van der Waals surface area (Å²) in [6.45, 7) is 1.94. The van der Waals surface area contributed by atoms with Crippen LogP contribution in [0.25, 0.3) is 0 Å². The van der Waals surface area contributed by atoms with Gasteiger partial charge >= 0.3 is 0 Å². The van der Waals surface area contributed by atoms with Crippen LogP contribution in [-0.2, 0) is 9.59 Å². The average Bonchev–Trinajstić information content (AvgIpc) is 2.69. The standard InChI is InChI=1S/C20H23ClN4O3/c1-3-4-18(26)24-15-9-10-16(21)17(11-15)25-19(27)12-23-14-7-5-13(6-8-14)20(28)22-2/h5-11,23H,3-4,12H2,1-2H3,(H,22,28)(H,24,26)(H,25,27). The second-order valence-electron chi connectivity index (χ2n) is 6.05. The van der Waals surface area contributed by atoms with Crippen LogP contribution < -0.4 is 21.3 Å². The van der Waals surface area contributed by atoms with E-state index in [2.05, 4.69) is 21.3 Å². The Morgan fingerprint density at radius 3 is 2.25 bits per heavy atom. The van der Waals surface area contributed by atoms with E-state index in [0.29, 0.717) is 34.1 Å². The van der Waals surface area contributed by atoms with Gasteiger partial charge in [-0.3, -0.25) is 14.4 Å². The molecule has 0 saturated heterocycles. The highest BCUT2D eigenvalue weighted by Crippen LogP contribution is 2.25. The molecule has 7 nitrogen and oxygen atoms in total. The van der Waals surface area contributed by atoms with E-state index < -0.39 is 0 Å². The van der Waals surface area contributed by atoms with Crippen molar-refractivity contribution in [3.63, 3.8) is 0 Å². The normalized spacial score (nSPS) is 10.1. The first kappa shape index (κ1) is 21.2. The lowest BCUT2D eigenvalue weighted by Crippen LogP contribution is -2.22. The van der Waals surface area contributed by atoms with Gasteiger partial charge in [-0.2, -0.15) is 0 Å². The number of amides is 3. The number of rotatable bonds is 8. The molecule has 3 amide bonds. The number of nitrogens with one attached hydrogen (secondary N) is 4. The first-order valence-corrected chi connectivity index (χ1v) is 9.26. The number of carbonyl (C=O) groups is 3. The smallest absolute Gasteiger partial charge is 0.251 e. The molecule has 0 spiro atoms. The van der Waals surface area contributed by atoms with Gasteiger partial charge in [-0.1, -0.05) is 18.5 Å². The van der Waals surface area contributed by atoms with Gasteiger partial charge in [-0.15, -0.1) is 0 Å². The average molecular weight is 403 g/mol. The fraction of sp³-hybridized carbons (Fsp3) is 0.250. The minimum atomic E-state index is -0.297. The number of halogens is 1. The van der Waals surface area contributed by atoms with E-state index in [0.717, 1.165) is 6.42 Å². The van der Waals surface area contributed by atoms with Crippen LogP contribution in [0.2, 0.25) is 5.02 Å². The molecule has 4 N–H and O–H groups in total. The molecule has 8 heteroatoms. The topological polar surface area (TPSA) is 99.3 Å². The maximum absolute atomic E-state index is 12.2. The lowest BCUT2D eigenvalue weighted by Gasteiger charge is -2.12. The van der Waals surface area contributed by atoms with E-state index >= 15 is 0 Å². The van der Waals surface area contributed by atoms with Crippen molar-refractivity contribution in [3.05, 3.63) is 53.1 Å². The minimum absolute atomic E-state index is 0.0159. The zero-order chi connectivity index (χ0) is 20.5. The van der Waals surface area contributed by atoms with Crippen LogP contribution in [0.4, 0.5) is 17.1 Å². The lowest BCUT2D eigenvalue weighted by molar-refractivity contribution is -0.116. The Morgan fingerprint density at radius 2 is 1.61 bits per heavy atom. The van der Waals surface area contributed by atoms with Crippen LogP contribution in [0, 0.1) is 0 Å². The monoisotopic (exact) mass is 402 g/mol. The maximum Gasteiger partial charge on any atom is 0.251 e. The Bertz CT molecular complexity index is 853. The summed E-state index contributed by atoms with van der Waals surface area (Å²) in [7, 11) is 1.56. The van der Waals surface area contributed by atoms with Crippen LogP contribution in [0.3, 0.4) is 0 Å². The quantitative estimate of drug-likeness (QED) is 0.543. The molecule has 2 aromatic rings. The van der Waals surface area contributed by atoms with Crippen LogP contribution in [0.5, 0.6) is 0 Å². The first-order valence-electron chi connectivity index (χ1n) is 8.88. The molecule has 0 fully saturated rings. The van der Waals surface area contributed by atoms with Crippen molar-refractivity contribution >= 4 is 46.4 Å². The van der Waals surface area contributed by atoms with E-state index in [-0.39, 0.29) is 24.3 Å². The summed E-state index contributed by atoms with van der Waals surface area (Å²) >= 11 is 6.13. The molecule has 0 aliphatic heterocycles. The van der Waals surface area contributed by atoms with Crippen molar-refractivity contribution in [1.29, 1.82) is 0 Å². The summed E-state index contributed by atoms with van der Waals surface area (Å²) in [6.07, 6.45) is 1.17. The molecule has 148 valence electrons. The van der Waals surface area contributed by atoms with Gasteiger partial charge in [-0.05, 0) is 48.9 Å². The predicted molar refractivity (Wildman–Crippen MR) is 112 cm³/mol. The summed E-state index contributed by atoms with van der Waals surface area (Å²) in [6, 6.07) is 11.7. The van der Waals surface area contributed by atoms with Gasteiger partial charge in [-0.25, -0.2) is 0 Å². The first-order chi connectivity index (χ1) is 13.4. The van der Waals surface area contributed by atoms with Gasteiger partial charge in [0.1, 0.15) is 0 Å². The van der Waals surface area contributed by atoms with Gasteiger partial charge in [0.05, 0.1) is 17.3 Å². The molecule has 0 heterocycles. The molecular weight excluding hydrogens is 380 g/mol. The number of benzene rings is 2. The molecule has 0 atom stereocenters. The van der Waals surface area contributed by atoms with Gasteiger partial charge < -0.3 is 21.3 Å². The van der Waals surface area contributed by atoms with E-state index in [9.17, 15) is 14.4 Å². The number of anilines is 3. The molecule has 28 heavy (non-hydrogen) atoms. The van der Waals surface area contributed by atoms with Gasteiger partial charge in [0.15, 0.2) is 0 Å². The van der Waals surface area contributed by atoms with Gasteiger partial charge in [0.2, 0.25) is 11.8 Å². The van der Waals surface area contributed by atoms with Gasteiger partial charge in [0, 0.05) is 30.4 Å². The summed E-state index contributed by atoms with van der Waals surface area (Å²) in [5, 5.41) is 11.4. The molecule has 2 aromatic carbocycles. The fourth-order valence-corrected chi connectivity index (χ4v) is 2.57. The Labute approximate surface area is 168 Å². The minimum Gasteiger partial charge on any atom is -0.376 e. The van der Waals surface area contributed by atoms with Crippen LogP contribution in [0.15, 0.2) is 42.5 Å². The van der Waals surface area contributed by atoms with Crippen molar-refractivity contribution in [2.45, 2.75) is 19.8 Å². The van der Waals surface area contributed by atoms with Gasteiger partial charge in [0.25, 0.3) is 5.91 Å². The Morgan fingerprint density at radius 1 is 0.929 bits per heavy atom. The van der Waals surface area contributed by atoms with Crippen molar-refractivity contribution in [2.24, 2.45) is 0 Å². The third kappa shape index (κ3) is 6.28. The lowest BCUT2D eigenvalue weighted by atomic mass is 10.2. The molecule has 2 rings (SSSR count). The highest BCUT2D eigenvalue weighted by atomic mass is 35.5. The fourth-order valence-electron chi connectivity index (χ4n) is 2.41. The van der Waals surface area contributed by atoms with E-state index in [1.54, 1.807) is 49.5 Å². The zero-order valence-corrected chi connectivity index (χ0v) is 16.5. The molecular formula is C20H23ClN4O3. The van der Waals surface area contributed by atoms with Crippen LogP contribution in [0.1, 0.15) is 30.1 Å². The van der Waals surface area contributed by atoms with Crippen molar-refractivity contribution in [2.75, 3.05) is 29.5 Å². The highest BCUT2D eigenvalue weighted by Gasteiger charge is 2.09. The molecule has 0 unspecified atom stereocenters. The Kier molecular flexibility index (Phi) is 7.83. The second-order valence-corrected chi connectivity index (χ2v) is 6.46. The predicted octanol–water partition coefficient (Wildman–Crippen LogP) is 3.49. The van der Waals surface area contributed by atoms with E-state index in [4.69, 9.17) is 11.6 Å². The SMILES string of the molecule is CCCC(=O)Nc1ccc(Cl)c(NC(=O)CNc2ccc(C(=O)NC)cc2)c1. The van der Waals surface area contributed by atoms with Crippen molar-refractivity contribution in [1.82, 2.24) is 5.32 Å². The van der Waals surface area contributed by atoms with Crippen LogP contribution in [-0.4, -0.2) is 31.3 Å². The number of hydrogen-bond donors (Lipinski definition) is 4. The molecule has 0 radical (unpaired) electrons. The maximum atomic E-state index is 12.2. The summed E-state index contributed by atoms with van der Waals surface area (Å²) < 4.78 is 0. The zero-order valence-electron chi connectivity index (χ0n) is 15.8. The van der Waals surface area contributed by atoms with E-state index in [1.807, 2.05) is 6.92 Å². The third-order valence-electron chi connectivity index (χ3n) is 3.83. The van der Waals surface area contributed by atoms with Crippen molar-refractivity contribution in [3.8, 4) is 0 Å².